The predicted molar refractivity (Wildman–Crippen MR) is 99.0 cm³/mol. The first-order valence-corrected chi connectivity index (χ1v) is 8.96. The summed E-state index contributed by atoms with van der Waals surface area (Å²) in [6, 6.07) is 8.07. The van der Waals surface area contributed by atoms with Crippen LogP contribution in [0.3, 0.4) is 0 Å². The smallest absolute Gasteiger partial charge is 0.317 e. The van der Waals surface area contributed by atoms with Crippen LogP contribution in [0.4, 0.5) is 4.79 Å². The fourth-order valence-electron chi connectivity index (χ4n) is 2.88. The Labute approximate surface area is 150 Å². The van der Waals surface area contributed by atoms with Gasteiger partial charge in [-0.3, -0.25) is 4.79 Å². The first-order chi connectivity index (χ1) is 11.9. The van der Waals surface area contributed by atoms with Crippen LogP contribution in [0.5, 0.6) is 0 Å². The highest BCUT2D eigenvalue weighted by atomic mass is 16.2. The van der Waals surface area contributed by atoms with Crippen LogP contribution in [-0.2, 0) is 17.8 Å². The second kappa shape index (κ2) is 8.34. The van der Waals surface area contributed by atoms with Crippen LogP contribution < -0.4 is 16.4 Å². The fourth-order valence-corrected chi connectivity index (χ4v) is 2.88. The third kappa shape index (κ3) is 4.95. The average molecular weight is 346 g/mol. The monoisotopic (exact) mass is 346 g/mol. The van der Waals surface area contributed by atoms with Crippen LogP contribution in [0.25, 0.3) is 0 Å². The van der Waals surface area contributed by atoms with Crippen molar-refractivity contribution in [3.63, 3.8) is 0 Å². The standard InChI is InChI=1S/C19H30N4O2/c1-14(2)19(3,13-20)22-17(24)8-10-21-18(25)23-11-9-15-6-4-5-7-16(15)12-23/h4-7,14H,8-13,20H2,1-3H3,(H,21,25)(H,22,24). The molecule has 138 valence electrons. The number of carbonyl (C=O) groups is 2. The van der Waals surface area contributed by atoms with Crippen molar-refractivity contribution in [2.75, 3.05) is 19.6 Å². The van der Waals surface area contributed by atoms with Crippen LogP contribution in [0.15, 0.2) is 24.3 Å². The third-order valence-corrected chi connectivity index (χ3v) is 5.17. The molecule has 1 aromatic carbocycles. The molecule has 0 radical (unpaired) electrons. The highest BCUT2D eigenvalue weighted by Crippen LogP contribution is 2.18. The van der Waals surface area contributed by atoms with Gasteiger partial charge in [-0.1, -0.05) is 38.1 Å². The number of amides is 3. The van der Waals surface area contributed by atoms with E-state index in [1.807, 2.05) is 32.9 Å². The molecule has 25 heavy (non-hydrogen) atoms. The molecule has 0 bridgehead atoms. The quantitative estimate of drug-likeness (QED) is 0.732. The Morgan fingerprint density at radius 3 is 2.60 bits per heavy atom. The molecular weight excluding hydrogens is 316 g/mol. The number of nitrogens with zero attached hydrogens (tertiary/aromatic N) is 1. The highest BCUT2D eigenvalue weighted by molar-refractivity contribution is 5.79. The molecule has 1 aliphatic heterocycles. The molecule has 0 fully saturated rings. The van der Waals surface area contributed by atoms with E-state index < -0.39 is 5.54 Å². The molecule has 0 saturated heterocycles. The van der Waals surface area contributed by atoms with Crippen LogP contribution in [0, 0.1) is 5.92 Å². The molecule has 1 aromatic rings. The lowest BCUT2D eigenvalue weighted by atomic mass is 9.88. The summed E-state index contributed by atoms with van der Waals surface area (Å²) in [5.41, 5.74) is 7.86. The van der Waals surface area contributed by atoms with E-state index in [2.05, 4.69) is 22.8 Å². The van der Waals surface area contributed by atoms with Crippen molar-refractivity contribution in [3.8, 4) is 0 Å². The maximum absolute atomic E-state index is 12.3. The summed E-state index contributed by atoms with van der Waals surface area (Å²) >= 11 is 0. The van der Waals surface area contributed by atoms with Crippen molar-refractivity contribution >= 4 is 11.9 Å². The minimum Gasteiger partial charge on any atom is -0.349 e. The lowest BCUT2D eigenvalue weighted by Crippen LogP contribution is -2.55. The van der Waals surface area contributed by atoms with Crippen molar-refractivity contribution in [2.45, 2.75) is 45.7 Å². The highest BCUT2D eigenvalue weighted by Gasteiger charge is 2.28. The molecule has 0 aliphatic carbocycles. The van der Waals surface area contributed by atoms with Gasteiger partial charge in [0.2, 0.25) is 5.91 Å². The molecule has 3 amide bonds. The van der Waals surface area contributed by atoms with Crippen molar-refractivity contribution in [1.29, 1.82) is 0 Å². The summed E-state index contributed by atoms with van der Waals surface area (Å²) < 4.78 is 0. The minimum atomic E-state index is -0.419. The lowest BCUT2D eigenvalue weighted by molar-refractivity contribution is -0.123. The summed E-state index contributed by atoms with van der Waals surface area (Å²) in [4.78, 5) is 26.2. The summed E-state index contributed by atoms with van der Waals surface area (Å²) in [5, 5.41) is 5.82. The van der Waals surface area contributed by atoms with Gasteiger partial charge in [-0.05, 0) is 30.4 Å². The Morgan fingerprint density at radius 1 is 1.28 bits per heavy atom. The van der Waals surface area contributed by atoms with Crippen molar-refractivity contribution < 1.29 is 9.59 Å². The Balaban J connectivity index is 1.77. The summed E-state index contributed by atoms with van der Waals surface area (Å²) in [6.45, 7) is 8.03. The van der Waals surface area contributed by atoms with Crippen LogP contribution >= 0.6 is 0 Å². The number of nitrogens with two attached hydrogens (primary N) is 1. The Kier molecular flexibility index (Phi) is 6.42. The second-order valence-corrected chi connectivity index (χ2v) is 7.25. The van der Waals surface area contributed by atoms with Gasteiger partial charge in [-0.15, -0.1) is 0 Å². The number of hydrogen-bond donors (Lipinski definition) is 3. The number of urea groups is 1. The molecule has 0 spiro atoms. The van der Waals surface area contributed by atoms with E-state index in [-0.39, 0.29) is 24.3 Å². The zero-order chi connectivity index (χ0) is 18.4. The van der Waals surface area contributed by atoms with Crippen molar-refractivity contribution in [1.82, 2.24) is 15.5 Å². The molecule has 2 rings (SSSR count). The van der Waals surface area contributed by atoms with Gasteiger partial charge < -0.3 is 21.3 Å². The van der Waals surface area contributed by atoms with E-state index in [0.717, 1.165) is 6.42 Å². The van der Waals surface area contributed by atoms with Crippen LogP contribution in [0.2, 0.25) is 0 Å². The normalized spacial score (nSPS) is 16.1. The molecule has 6 heteroatoms. The first-order valence-electron chi connectivity index (χ1n) is 8.96. The Morgan fingerprint density at radius 2 is 1.96 bits per heavy atom. The van der Waals surface area contributed by atoms with Gasteiger partial charge in [0.05, 0.1) is 5.54 Å². The molecule has 1 atom stereocenters. The van der Waals surface area contributed by atoms with E-state index in [0.29, 0.717) is 26.2 Å². The van der Waals surface area contributed by atoms with Gasteiger partial charge in [0.25, 0.3) is 0 Å². The topological polar surface area (TPSA) is 87.5 Å². The van der Waals surface area contributed by atoms with Crippen molar-refractivity contribution in [3.05, 3.63) is 35.4 Å². The number of rotatable bonds is 6. The molecule has 6 nitrogen and oxygen atoms in total. The average Bonchev–Trinajstić information content (AvgIpc) is 2.60. The summed E-state index contributed by atoms with van der Waals surface area (Å²) in [6.07, 6.45) is 1.12. The maximum atomic E-state index is 12.3. The predicted octanol–water partition coefficient (Wildman–Crippen LogP) is 1.63. The summed E-state index contributed by atoms with van der Waals surface area (Å²) in [5.74, 6) is 0.149. The number of fused-ring (bicyclic) bond motifs is 1. The van der Waals surface area contributed by atoms with Gasteiger partial charge in [-0.2, -0.15) is 0 Å². The molecule has 4 N–H and O–H groups in total. The van der Waals surface area contributed by atoms with Gasteiger partial charge in [0.1, 0.15) is 0 Å². The van der Waals surface area contributed by atoms with E-state index in [9.17, 15) is 9.59 Å². The zero-order valence-electron chi connectivity index (χ0n) is 15.5. The molecular formula is C19H30N4O2. The Hall–Kier alpha value is -2.08. The third-order valence-electron chi connectivity index (χ3n) is 5.17. The molecule has 1 aliphatic rings. The molecule has 0 aromatic heterocycles. The van der Waals surface area contributed by atoms with E-state index in [4.69, 9.17) is 5.73 Å². The number of benzene rings is 1. The second-order valence-electron chi connectivity index (χ2n) is 7.25. The maximum Gasteiger partial charge on any atom is 0.317 e. The van der Waals surface area contributed by atoms with Gasteiger partial charge in [-0.25, -0.2) is 4.79 Å². The summed E-state index contributed by atoms with van der Waals surface area (Å²) in [7, 11) is 0. The van der Waals surface area contributed by atoms with Crippen LogP contribution in [-0.4, -0.2) is 42.0 Å². The number of nitrogens with one attached hydrogen (secondary N) is 2. The molecule has 1 unspecified atom stereocenters. The SMILES string of the molecule is CC(C)C(C)(CN)NC(=O)CCNC(=O)N1CCc2ccccc2C1. The largest absolute Gasteiger partial charge is 0.349 e. The minimum absolute atomic E-state index is 0.0917. The fraction of sp³-hybridized carbons (Fsp3) is 0.579. The lowest BCUT2D eigenvalue weighted by Gasteiger charge is -2.33. The first kappa shape index (κ1) is 19.2. The van der Waals surface area contributed by atoms with Crippen LogP contribution in [0.1, 0.15) is 38.3 Å². The zero-order valence-corrected chi connectivity index (χ0v) is 15.5. The molecule has 0 saturated carbocycles. The van der Waals surface area contributed by atoms with E-state index >= 15 is 0 Å². The molecule has 1 heterocycles. The van der Waals surface area contributed by atoms with Gasteiger partial charge in [0, 0.05) is 32.6 Å². The van der Waals surface area contributed by atoms with Gasteiger partial charge >= 0.3 is 6.03 Å². The number of carbonyl (C=O) groups excluding carboxylic acids is 2. The van der Waals surface area contributed by atoms with E-state index in [1.165, 1.54) is 11.1 Å². The van der Waals surface area contributed by atoms with Gasteiger partial charge in [0.15, 0.2) is 0 Å². The van der Waals surface area contributed by atoms with Crippen molar-refractivity contribution in [2.24, 2.45) is 11.7 Å². The van der Waals surface area contributed by atoms with E-state index in [1.54, 1.807) is 4.90 Å². The Bertz CT molecular complexity index is 617. The number of hydrogen-bond acceptors (Lipinski definition) is 3.